The van der Waals surface area contributed by atoms with Gasteiger partial charge in [-0.25, -0.2) is 0 Å². The minimum absolute atomic E-state index is 0.108. The van der Waals surface area contributed by atoms with Crippen LogP contribution in [0.2, 0.25) is 0 Å². The van der Waals surface area contributed by atoms with Gasteiger partial charge < -0.3 is 10.0 Å². The molecule has 0 aromatic heterocycles. The van der Waals surface area contributed by atoms with Crippen molar-refractivity contribution in [3.05, 3.63) is 70.3 Å². The lowest BCUT2D eigenvalue weighted by molar-refractivity contribution is -0.139. The number of carbonyl (C=O) groups excluding carboxylic acids is 1. The zero-order chi connectivity index (χ0) is 16.6. The van der Waals surface area contributed by atoms with E-state index >= 15 is 0 Å². The molecule has 4 nitrogen and oxygen atoms in total. The summed E-state index contributed by atoms with van der Waals surface area (Å²) < 4.78 is 0. The van der Waals surface area contributed by atoms with Crippen molar-refractivity contribution in [3.63, 3.8) is 0 Å². The number of carboxylic acids is 1. The molecule has 1 unspecified atom stereocenters. The lowest BCUT2D eigenvalue weighted by Gasteiger charge is -2.33. The van der Waals surface area contributed by atoms with Gasteiger partial charge in [-0.2, -0.15) is 0 Å². The van der Waals surface area contributed by atoms with E-state index in [0.29, 0.717) is 12.1 Å². The zero-order valence-electron chi connectivity index (χ0n) is 13.2. The molecule has 118 valence electrons. The Morgan fingerprint density at radius 3 is 2.57 bits per heavy atom. The van der Waals surface area contributed by atoms with E-state index in [1.165, 1.54) is 0 Å². The monoisotopic (exact) mass is 309 g/mol. The average Bonchev–Trinajstić information content (AvgIpc) is 2.53. The summed E-state index contributed by atoms with van der Waals surface area (Å²) in [6.07, 6.45) is 0. The second kappa shape index (κ2) is 5.88. The highest BCUT2D eigenvalue weighted by atomic mass is 16.4. The van der Waals surface area contributed by atoms with Gasteiger partial charge in [-0.15, -0.1) is 0 Å². The number of carboxylic acid groups (broad SMARTS) is 1. The summed E-state index contributed by atoms with van der Waals surface area (Å²) in [6, 6.07) is 13.2. The molecule has 1 aliphatic rings. The second-order valence-electron chi connectivity index (χ2n) is 6.09. The number of aliphatic carboxylic acids is 1. The van der Waals surface area contributed by atoms with Crippen LogP contribution in [-0.4, -0.2) is 28.4 Å². The Morgan fingerprint density at radius 2 is 1.87 bits per heavy atom. The molecule has 1 N–H and O–H groups in total. The molecule has 2 aromatic rings. The highest BCUT2D eigenvalue weighted by Crippen LogP contribution is 2.29. The minimum Gasteiger partial charge on any atom is -0.481 e. The van der Waals surface area contributed by atoms with Crippen LogP contribution in [0.4, 0.5) is 0 Å². The van der Waals surface area contributed by atoms with Crippen molar-refractivity contribution in [3.8, 4) is 0 Å². The number of hydrogen-bond acceptors (Lipinski definition) is 2. The number of aryl methyl sites for hydroxylation is 2. The first-order valence-electron chi connectivity index (χ1n) is 7.64. The highest BCUT2D eigenvalue weighted by molar-refractivity contribution is 5.96. The molecule has 4 heteroatoms. The average molecular weight is 309 g/mol. The topological polar surface area (TPSA) is 57.6 Å². The standard InChI is InChI=1S/C19H19NO3/c1-12-7-8-15(13(2)9-12)18(21)20-10-14-5-3-4-6-16(14)17(11-20)19(22)23/h3-9,17H,10-11H2,1-2H3,(H,22,23). The van der Waals surface area contributed by atoms with Crippen molar-refractivity contribution in [2.45, 2.75) is 26.3 Å². The van der Waals surface area contributed by atoms with Crippen LogP contribution < -0.4 is 0 Å². The predicted molar refractivity (Wildman–Crippen MR) is 87.5 cm³/mol. The van der Waals surface area contributed by atoms with Crippen molar-refractivity contribution in [2.24, 2.45) is 0 Å². The smallest absolute Gasteiger partial charge is 0.312 e. The Morgan fingerprint density at radius 1 is 1.13 bits per heavy atom. The van der Waals surface area contributed by atoms with Gasteiger partial charge in [-0.05, 0) is 36.6 Å². The van der Waals surface area contributed by atoms with Gasteiger partial charge in [-0.3, -0.25) is 9.59 Å². The summed E-state index contributed by atoms with van der Waals surface area (Å²) in [5.41, 5.74) is 4.38. The van der Waals surface area contributed by atoms with Gasteiger partial charge in [0.25, 0.3) is 5.91 Å². The molecular formula is C19H19NO3. The maximum atomic E-state index is 12.8. The Kier molecular flexibility index (Phi) is 3.90. The number of benzene rings is 2. The van der Waals surface area contributed by atoms with E-state index in [1.807, 2.05) is 56.3 Å². The summed E-state index contributed by atoms with van der Waals surface area (Å²) >= 11 is 0. The molecule has 1 amide bonds. The Labute approximate surface area is 135 Å². The van der Waals surface area contributed by atoms with Gasteiger partial charge >= 0.3 is 5.97 Å². The van der Waals surface area contributed by atoms with Crippen molar-refractivity contribution in [2.75, 3.05) is 6.54 Å². The Bertz CT molecular complexity index is 782. The van der Waals surface area contributed by atoms with Crippen molar-refractivity contribution < 1.29 is 14.7 Å². The van der Waals surface area contributed by atoms with Crippen molar-refractivity contribution in [1.29, 1.82) is 0 Å². The van der Waals surface area contributed by atoms with Gasteiger partial charge in [0.05, 0.1) is 5.92 Å². The van der Waals surface area contributed by atoms with Crippen molar-refractivity contribution >= 4 is 11.9 Å². The maximum Gasteiger partial charge on any atom is 0.312 e. The molecule has 3 rings (SSSR count). The van der Waals surface area contributed by atoms with Crippen LogP contribution in [0, 0.1) is 13.8 Å². The van der Waals surface area contributed by atoms with Gasteiger partial charge in [0.2, 0.25) is 0 Å². The molecule has 0 radical (unpaired) electrons. The van der Waals surface area contributed by atoms with Crippen LogP contribution in [0.15, 0.2) is 42.5 Å². The van der Waals surface area contributed by atoms with E-state index in [-0.39, 0.29) is 12.5 Å². The van der Waals surface area contributed by atoms with E-state index in [2.05, 4.69) is 0 Å². The fourth-order valence-electron chi connectivity index (χ4n) is 3.20. The number of rotatable bonds is 2. The largest absolute Gasteiger partial charge is 0.481 e. The minimum atomic E-state index is -0.893. The number of nitrogens with zero attached hydrogens (tertiary/aromatic N) is 1. The second-order valence-corrected chi connectivity index (χ2v) is 6.09. The SMILES string of the molecule is Cc1ccc(C(=O)N2Cc3ccccc3C(C(=O)O)C2)c(C)c1. The van der Waals surface area contributed by atoms with Crippen molar-refractivity contribution in [1.82, 2.24) is 4.90 Å². The molecule has 0 bridgehead atoms. The molecule has 1 atom stereocenters. The van der Waals surface area contributed by atoms with E-state index < -0.39 is 11.9 Å². The van der Waals surface area contributed by atoms with Crippen LogP contribution >= 0.6 is 0 Å². The first kappa shape index (κ1) is 15.3. The number of amides is 1. The van der Waals surface area contributed by atoms with Crippen LogP contribution in [0.25, 0.3) is 0 Å². The normalized spacial score (nSPS) is 16.8. The number of carbonyl (C=O) groups is 2. The lowest BCUT2D eigenvalue weighted by atomic mass is 9.89. The Hall–Kier alpha value is -2.62. The fraction of sp³-hybridized carbons (Fsp3) is 0.263. The summed E-state index contributed by atoms with van der Waals surface area (Å²) in [7, 11) is 0. The highest BCUT2D eigenvalue weighted by Gasteiger charge is 2.32. The van der Waals surface area contributed by atoms with E-state index in [4.69, 9.17) is 0 Å². The van der Waals surface area contributed by atoms with E-state index in [1.54, 1.807) is 4.90 Å². The molecule has 2 aromatic carbocycles. The van der Waals surface area contributed by atoms with Gasteiger partial charge in [0, 0.05) is 18.7 Å². The summed E-state index contributed by atoms with van der Waals surface area (Å²) in [5.74, 6) is -1.67. The predicted octanol–water partition coefficient (Wildman–Crippen LogP) is 3.13. The van der Waals surface area contributed by atoms with Gasteiger partial charge in [-0.1, -0.05) is 42.0 Å². The van der Waals surface area contributed by atoms with Crippen LogP contribution in [0.1, 0.15) is 38.5 Å². The molecule has 1 aliphatic heterocycles. The first-order chi connectivity index (χ1) is 11.0. The molecule has 0 saturated heterocycles. The lowest BCUT2D eigenvalue weighted by Crippen LogP contribution is -2.40. The van der Waals surface area contributed by atoms with Crippen LogP contribution in [-0.2, 0) is 11.3 Å². The van der Waals surface area contributed by atoms with Crippen LogP contribution in [0.3, 0.4) is 0 Å². The molecule has 0 aliphatic carbocycles. The molecule has 23 heavy (non-hydrogen) atoms. The number of fused-ring (bicyclic) bond motifs is 1. The number of hydrogen-bond donors (Lipinski definition) is 1. The fourth-order valence-corrected chi connectivity index (χ4v) is 3.20. The van der Waals surface area contributed by atoms with Gasteiger partial charge in [0.15, 0.2) is 0 Å². The summed E-state index contributed by atoms with van der Waals surface area (Å²) in [6.45, 7) is 4.55. The summed E-state index contributed by atoms with van der Waals surface area (Å²) in [5, 5.41) is 9.51. The third kappa shape index (κ3) is 2.84. The van der Waals surface area contributed by atoms with Gasteiger partial charge in [0.1, 0.15) is 0 Å². The van der Waals surface area contributed by atoms with Crippen LogP contribution in [0.5, 0.6) is 0 Å². The molecule has 0 spiro atoms. The third-order valence-electron chi connectivity index (χ3n) is 4.39. The first-order valence-corrected chi connectivity index (χ1v) is 7.64. The van der Waals surface area contributed by atoms with E-state index in [0.717, 1.165) is 22.3 Å². The van der Waals surface area contributed by atoms with E-state index in [9.17, 15) is 14.7 Å². The molecule has 1 heterocycles. The molecule has 0 saturated carbocycles. The summed E-state index contributed by atoms with van der Waals surface area (Å²) in [4.78, 5) is 26.1. The third-order valence-corrected chi connectivity index (χ3v) is 4.39. The Balaban J connectivity index is 1.95. The maximum absolute atomic E-state index is 12.8. The quantitative estimate of drug-likeness (QED) is 0.927. The molecular weight excluding hydrogens is 290 g/mol. The zero-order valence-corrected chi connectivity index (χ0v) is 13.2. The molecule has 0 fully saturated rings.